The molecule has 0 aliphatic carbocycles. The highest BCUT2D eigenvalue weighted by Gasteiger charge is 2.25. The molecular weight excluding hydrogens is 374 g/mol. The number of benzene rings is 1. The van der Waals surface area contributed by atoms with Crippen LogP contribution in [-0.4, -0.2) is 21.0 Å². The number of aryl methyl sites for hydroxylation is 1. The summed E-state index contributed by atoms with van der Waals surface area (Å²) < 4.78 is 5.26. The van der Waals surface area contributed by atoms with Gasteiger partial charge in [0.15, 0.2) is 16.6 Å². The summed E-state index contributed by atoms with van der Waals surface area (Å²) in [6.45, 7) is 1.90. The number of carbonyl (C=O) groups is 1. The molecule has 4 rings (SSSR count). The molecule has 0 fully saturated rings. The van der Waals surface area contributed by atoms with Crippen LogP contribution in [0.25, 0.3) is 22.7 Å². The molecule has 0 bridgehead atoms. The Bertz CT molecular complexity index is 1190. The summed E-state index contributed by atoms with van der Waals surface area (Å²) in [5, 5.41) is 17.9. The summed E-state index contributed by atoms with van der Waals surface area (Å²) in [6, 6.07) is 16.6. The van der Waals surface area contributed by atoms with Crippen molar-refractivity contribution in [2.75, 3.05) is 5.32 Å². The van der Waals surface area contributed by atoms with Gasteiger partial charge in [0.2, 0.25) is 0 Å². The molecule has 3 aromatic heterocycles. The fourth-order valence-electron chi connectivity index (χ4n) is 2.66. The van der Waals surface area contributed by atoms with Crippen LogP contribution in [0, 0.1) is 18.3 Å². The quantitative estimate of drug-likeness (QED) is 0.560. The van der Waals surface area contributed by atoms with Gasteiger partial charge in [-0.3, -0.25) is 15.1 Å². The topological polar surface area (TPSA) is 105 Å². The number of pyridine rings is 1. The van der Waals surface area contributed by atoms with Gasteiger partial charge < -0.3 is 4.52 Å². The average Bonchev–Trinajstić information content (AvgIpc) is 3.35. The second kappa shape index (κ2) is 7.42. The molecule has 0 saturated carbocycles. The number of hydrogen-bond acceptors (Lipinski definition) is 7. The Morgan fingerprint density at radius 3 is 2.68 bits per heavy atom. The molecule has 1 N–H and O–H groups in total. The predicted octanol–water partition coefficient (Wildman–Crippen LogP) is 4.29. The van der Waals surface area contributed by atoms with Crippen molar-refractivity contribution >= 4 is 22.4 Å². The molecule has 7 nitrogen and oxygen atoms in total. The second-order valence-corrected chi connectivity index (χ2v) is 6.73. The average molecular weight is 387 g/mol. The summed E-state index contributed by atoms with van der Waals surface area (Å²) in [4.78, 5) is 21.7. The van der Waals surface area contributed by atoms with Crippen LogP contribution in [0.15, 0.2) is 58.4 Å². The summed E-state index contributed by atoms with van der Waals surface area (Å²) in [5.74, 6) is -0.262. The smallest absolute Gasteiger partial charge is 0.264 e. The molecule has 3 heterocycles. The first-order chi connectivity index (χ1) is 13.7. The van der Waals surface area contributed by atoms with Crippen molar-refractivity contribution in [3.8, 4) is 28.8 Å². The van der Waals surface area contributed by atoms with Crippen LogP contribution in [0.4, 0.5) is 5.13 Å². The molecule has 28 heavy (non-hydrogen) atoms. The molecule has 0 spiro atoms. The lowest BCUT2D eigenvalue weighted by atomic mass is 10.1. The van der Waals surface area contributed by atoms with E-state index in [9.17, 15) is 10.1 Å². The van der Waals surface area contributed by atoms with Crippen molar-refractivity contribution in [1.29, 1.82) is 5.26 Å². The van der Waals surface area contributed by atoms with E-state index in [2.05, 4.69) is 20.4 Å². The van der Waals surface area contributed by atoms with Gasteiger partial charge in [0.25, 0.3) is 5.91 Å². The Labute approximate surface area is 164 Å². The summed E-state index contributed by atoms with van der Waals surface area (Å²) in [6.07, 6.45) is 0. The molecule has 0 aliphatic heterocycles. The van der Waals surface area contributed by atoms with Gasteiger partial charge >= 0.3 is 0 Å². The molecule has 0 atom stereocenters. The zero-order chi connectivity index (χ0) is 19.5. The predicted molar refractivity (Wildman–Crippen MR) is 105 cm³/mol. The Morgan fingerprint density at radius 1 is 1.11 bits per heavy atom. The van der Waals surface area contributed by atoms with E-state index in [1.807, 2.05) is 54.8 Å². The van der Waals surface area contributed by atoms with Crippen LogP contribution in [-0.2, 0) is 0 Å². The third-order valence-electron chi connectivity index (χ3n) is 3.94. The van der Waals surface area contributed by atoms with Crippen molar-refractivity contribution < 1.29 is 9.32 Å². The Hall–Kier alpha value is -3.83. The van der Waals surface area contributed by atoms with Crippen molar-refractivity contribution in [2.45, 2.75) is 6.92 Å². The Balaban J connectivity index is 1.63. The zero-order valence-corrected chi connectivity index (χ0v) is 15.5. The summed E-state index contributed by atoms with van der Waals surface area (Å²) in [7, 11) is 0. The number of nitriles is 1. The number of nitrogens with one attached hydrogen (secondary N) is 1. The van der Waals surface area contributed by atoms with E-state index in [0.29, 0.717) is 16.4 Å². The van der Waals surface area contributed by atoms with Gasteiger partial charge in [-0.1, -0.05) is 41.6 Å². The van der Waals surface area contributed by atoms with E-state index in [0.717, 1.165) is 11.4 Å². The lowest BCUT2D eigenvalue weighted by molar-refractivity contribution is 0.102. The maximum Gasteiger partial charge on any atom is 0.264 e. The van der Waals surface area contributed by atoms with Crippen LogP contribution >= 0.6 is 11.3 Å². The number of carbonyl (C=O) groups excluding carboxylic acids is 1. The van der Waals surface area contributed by atoms with Crippen LogP contribution in [0.2, 0.25) is 0 Å². The molecule has 136 valence electrons. The fraction of sp³-hybridized carbons (Fsp3) is 0.0500. The third-order valence-corrected chi connectivity index (χ3v) is 4.69. The summed E-state index contributed by atoms with van der Waals surface area (Å²) >= 11 is 1.27. The highest BCUT2D eigenvalue weighted by molar-refractivity contribution is 7.14. The van der Waals surface area contributed by atoms with Crippen molar-refractivity contribution in [3.05, 3.63) is 70.9 Å². The van der Waals surface area contributed by atoms with Gasteiger partial charge in [-0.15, -0.1) is 11.3 Å². The first-order valence-corrected chi connectivity index (χ1v) is 9.20. The van der Waals surface area contributed by atoms with Crippen molar-refractivity contribution in [1.82, 2.24) is 15.1 Å². The van der Waals surface area contributed by atoms with Gasteiger partial charge in [-0.05, 0) is 19.1 Å². The second-order valence-electron chi connectivity index (χ2n) is 5.87. The molecule has 4 aromatic rings. The number of nitrogens with zero attached hydrogens (tertiary/aromatic N) is 4. The van der Waals surface area contributed by atoms with E-state index in [1.165, 1.54) is 11.3 Å². The van der Waals surface area contributed by atoms with Gasteiger partial charge in [-0.25, -0.2) is 4.98 Å². The molecule has 1 amide bonds. The SMILES string of the molecule is Cc1cccc(-c2csc(NC(=O)c3c(C#N)noc3-c3ccccc3)n2)n1. The number of thiazole rings is 1. The first kappa shape index (κ1) is 17.6. The van der Waals surface area contributed by atoms with Gasteiger partial charge in [0, 0.05) is 16.6 Å². The number of hydrogen-bond donors (Lipinski definition) is 1. The molecule has 0 saturated heterocycles. The monoisotopic (exact) mass is 387 g/mol. The zero-order valence-electron chi connectivity index (χ0n) is 14.7. The van der Waals surface area contributed by atoms with Gasteiger partial charge in [0.05, 0.1) is 5.69 Å². The van der Waals surface area contributed by atoms with E-state index in [1.54, 1.807) is 12.1 Å². The van der Waals surface area contributed by atoms with Crippen molar-refractivity contribution in [2.24, 2.45) is 0 Å². The van der Waals surface area contributed by atoms with Gasteiger partial charge in [0.1, 0.15) is 17.3 Å². The minimum Gasteiger partial charge on any atom is -0.354 e. The van der Waals surface area contributed by atoms with Crippen molar-refractivity contribution in [3.63, 3.8) is 0 Å². The largest absolute Gasteiger partial charge is 0.354 e. The van der Waals surface area contributed by atoms with E-state index in [-0.39, 0.29) is 17.0 Å². The first-order valence-electron chi connectivity index (χ1n) is 8.32. The Morgan fingerprint density at radius 2 is 1.93 bits per heavy atom. The maximum absolute atomic E-state index is 12.8. The molecular formula is C20H13N5O2S. The fourth-order valence-corrected chi connectivity index (χ4v) is 3.36. The number of rotatable bonds is 4. The van der Waals surface area contributed by atoms with Gasteiger partial charge in [-0.2, -0.15) is 5.26 Å². The minimum atomic E-state index is -0.505. The number of aromatic nitrogens is 3. The number of anilines is 1. The van der Waals surface area contributed by atoms with Crippen LogP contribution < -0.4 is 5.32 Å². The summed E-state index contributed by atoms with van der Waals surface area (Å²) in [5.41, 5.74) is 2.94. The lowest BCUT2D eigenvalue weighted by Gasteiger charge is -2.02. The molecule has 0 radical (unpaired) electrons. The van der Waals surface area contributed by atoms with Crippen LogP contribution in [0.5, 0.6) is 0 Å². The molecule has 0 unspecified atom stereocenters. The highest BCUT2D eigenvalue weighted by atomic mass is 32.1. The Kier molecular flexibility index (Phi) is 4.66. The maximum atomic E-state index is 12.8. The number of amides is 1. The lowest BCUT2D eigenvalue weighted by Crippen LogP contribution is -2.13. The van der Waals surface area contributed by atoms with E-state index < -0.39 is 5.91 Å². The third kappa shape index (κ3) is 3.39. The normalized spacial score (nSPS) is 10.4. The molecule has 1 aromatic carbocycles. The molecule has 0 aliphatic rings. The van der Waals surface area contributed by atoms with E-state index in [4.69, 9.17) is 4.52 Å². The van der Waals surface area contributed by atoms with E-state index >= 15 is 0 Å². The standard InChI is InChI=1S/C20H13N5O2S/c1-12-6-5-9-14(22-12)16-11-28-20(23-16)24-19(26)17-15(10-21)25-27-18(17)13-7-3-2-4-8-13/h2-9,11H,1H3,(H,23,24,26). The van der Waals surface area contributed by atoms with Crippen LogP contribution in [0.1, 0.15) is 21.7 Å². The van der Waals surface area contributed by atoms with Crippen LogP contribution in [0.3, 0.4) is 0 Å². The minimum absolute atomic E-state index is 0.0755. The highest BCUT2D eigenvalue weighted by Crippen LogP contribution is 2.28. The molecule has 8 heteroatoms.